The zero-order valence-electron chi connectivity index (χ0n) is 10.5. The minimum Gasteiger partial charge on any atom is -0.478 e. The van der Waals surface area contributed by atoms with Crippen molar-refractivity contribution < 1.29 is 9.90 Å². The van der Waals surface area contributed by atoms with E-state index in [1.54, 1.807) is 12.1 Å². The normalized spacial score (nSPS) is 18.3. The van der Waals surface area contributed by atoms with Crippen molar-refractivity contribution in [3.63, 3.8) is 0 Å². The summed E-state index contributed by atoms with van der Waals surface area (Å²) in [6.07, 6.45) is 5.81. The van der Waals surface area contributed by atoms with Gasteiger partial charge in [0.2, 0.25) is 0 Å². The molecule has 0 radical (unpaired) electrons. The zero-order valence-corrected chi connectivity index (χ0v) is 11.3. The van der Waals surface area contributed by atoms with Gasteiger partial charge in [0.05, 0.1) is 5.56 Å². The van der Waals surface area contributed by atoms with Crippen LogP contribution in [0.25, 0.3) is 0 Å². The van der Waals surface area contributed by atoms with Crippen molar-refractivity contribution in [2.45, 2.75) is 44.6 Å². The minimum atomic E-state index is -0.945. The topological polar surface area (TPSA) is 49.3 Å². The van der Waals surface area contributed by atoms with Crippen LogP contribution in [0.4, 0.5) is 5.69 Å². The average Bonchev–Trinajstić information content (AvgIpc) is 2.32. The molecule has 1 aliphatic carbocycles. The third kappa shape index (κ3) is 2.96. The van der Waals surface area contributed by atoms with Crippen LogP contribution in [0, 0.1) is 0 Å². The van der Waals surface area contributed by atoms with E-state index in [0.717, 1.165) is 12.8 Å². The molecule has 0 unspecified atom stereocenters. The van der Waals surface area contributed by atoms with Crippen LogP contribution in [0.5, 0.6) is 0 Å². The van der Waals surface area contributed by atoms with Gasteiger partial charge in [0.25, 0.3) is 0 Å². The van der Waals surface area contributed by atoms with E-state index >= 15 is 0 Å². The first-order valence-electron chi connectivity index (χ1n) is 6.31. The Morgan fingerprint density at radius 3 is 2.61 bits per heavy atom. The second-order valence-corrected chi connectivity index (χ2v) is 5.68. The number of carboxylic acids is 1. The number of benzene rings is 1. The summed E-state index contributed by atoms with van der Waals surface area (Å²) in [4.78, 5) is 11.2. The molecule has 1 fully saturated rings. The molecule has 98 valence electrons. The molecule has 1 aromatic rings. The van der Waals surface area contributed by atoms with E-state index in [-0.39, 0.29) is 11.1 Å². The number of hydrogen-bond donors (Lipinski definition) is 2. The highest BCUT2D eigenvalue weighted by Gasteiger charge is 2.27. The van der Waals surface area contributed by atoms with Crippen LogP contribution in [-0.4, -0.2) is 16.6 Å². The molecule has 0 heterocycles. The lowest BCUT2D eigenvalue weighted by Crippen LogP contribution is -2.37. The molecular weight excluding hydrogens is 250 g/mol. The Labute approximate surface area is 112 Å². The first-order valence-corrected chi connectivity index (χ1v) is 6.69. The summed E-state index contributed by atoms with van der Waals surface area (Å²) >= 11 is 5.85. The highest BCUT2D eigenvalue weighted by Crippen LogP contribution is 2.33. The monoisotopic (exact) mass is 267 g/mol. The van der Waals surface area contributed by atoms with Gasteiger partial charge in [-0.25, -0.2) is 4.79 Å². The first kappa shape index (κ1) is 13.2. The van der Waals surface area contributed by atoms with E-state index in [1.807, 2.05) is 0 Å². The van der Waals surface area contributed by atoms with Gasteiger partial charge in [0.15, 0.2) is 0 Å². The number of carboxylic acid groups (broad SMARTS) is 1. The fourth-order valence-electron chi connectivity index (χ4n) is 2.58. The van der Waals surface area contributed by atoms with Crippen LogP contribution in [0.15, 0.2) is 18.2 Å². The fraction of sp³-hybridized carbons (Fsp3) is 0.500. The molecule has 0 atom stereocenters. The molecule has 0 spiro atoms. The highest BCUT2D eigenvalue weighted by molar-refractivity contribution is 6.31. The maximum absolute atomic E-state index is 11.2. The van der Waals surface area contributed by atoms with Crippen LogP contribution >= 0.6 is 11.6 Å². The van der Waals surface area contributed by atoms with E-state index in [0.29, 0.717) is 10.7 Å². The molecule has 2 N–H and O–H groups in total. The lowest BCUT2D eigenvalue weighted by molar-refractivity contribution is 0.0698. The molecule has 0 amide bonds. The molecular formula is C14H18ClNO2. The molecule has 4 heteroatoms. The van der Waals surface area contributed by atoms with E-state index in [2.05, 4.69) is 12.2 Å². The van der Waals surface area contributed by atoms with Crippen molar-refractivity contribution in [2.24, 2.45) is 0 Å². The number of rotatable bonds is 3. The largest absolute Gasteiger partial charge is 0.478 e. The van der Waals surface area contributed by atoms with Crippen LogP contribution in [0.1, 0.15) is 49.4 Å². The van der Waals surface area contributed by atoms with Gasteiger partial charge in [-0.05, 0) is 38.0 Å². The second kappa shape index (κ2) is 5.19. The van der Waals surface area contributed by atoms with E-state index in [4.69, 9.17) is 11.6 Å². The predicted molar refractivity (Wildman–Crippen MR) is 73.5 cm³/mol. The maximum Gasteiger partial charge on any atom is 0.337 e. The van der Waals surface area contributed by atoms with Crippen molar-refractivity contribution in [1.82, 2.24) is 0 Å². The van der Waals surface area contributed by atoms with Crippen LogP contribution in [-0.2, 0) is 0 Å². The van der Waals surface area contributed by atoms with E-state index in [1.165, 1.54) is 25.3 Å². The SMILES string of the molecule is CC1(Nc2ccc(Cl)cc2C(=O)O)CCCCC1. The molecule has 3 nitrogen and oxygen atoms in total. The number of carbonyl (C=O) groups is 1. The average molecular weight is 268 g/mol. The third-order valence-electron chi connectivity index (χ3n) is 3.61. The van der Waals surface area contributed by atoms with Gasteiger partial charge in [-0.3, -0.25) is 0 Å². The molecule has 0 aromatic heterocycles. The lowest BCUT2D eigenvalue weighted by Gasteiger charge is -2.36. The summed E-state index contributed by atoms with van der Waals surface area (Å²) in [5.41, 5.74) is 0.904. The Balaban J connectivity index is 2.25. The molecule has 0 bridgehead atoms. The Morgan fingerprint density at radius 1 is 1.33 bits per heavy atom. The minimum absolute atomic E-state index is 0.00369. The van der Waals surface area contributed by atoms with Gasteiger partial charge in [0.1, 0.15) is 0 Å². The third-order valence-corrected chi connectivity index (χ3v) is 3.84. The van der Waals surface area contributed by atoms with Gasteiger partial charge < -0.3 is 10.4 Å². The Morgan fingerprint density at radius 2 is 2.00 bits per heavy atom. The number of halogens is 1. The summed E-state index contributed by atoms with van der Waals surface area (Å²) < 4.78 is 0. The number of nitrogens with one attached hydrogen (secondary N) is 1. The molecule has 0 aliphatic heterocycles. The van der Waals surface area contributed by atoms with Crippen molar-refractivity contribution in [3.05, 3.63) is 28.8 Å². The summed E-state index contributed by atoms with van der Waals surface area (Å²) in [7, 11) is 0. The smallest absolute Gasteiger partial charge is 0.337 e. The molecule has 0 saturated heterocycles. The summed E-state index contributed by atoms with van der Waals surface area (Å²) in [6.45, 7) is 2.16. The second-order valence-electron chi connectivity index (χ2n) is 5.24. The zero-order chi connectivity index (χ0) is 13.2. The van der Waals surface area contributed by atoms with Crippen molar-refractivity contribution >= 4 is 23.3 Å². The number of anilines is 1. The standard InChI is InChI=1S/C14H18ClNO2/c1-14(7-3-2-4-8-14)16-12-6-5-10(15)9-11(12)13(17)18/h5-6,9,16H,2-4,7-8H2,1H3,(H,17,18). The Bertz CT molecular complexity index is 453. The van der Waals surface area contributed by atoms with Gasteiger partial charge in [-0.2, -0.15) is 0 Å². The van der Waals surface area contributed by atoms with Crippen LogP contribution in [0.3, 0.4) is 0 Å². The van der Waals surface area contributed by atoms with Crippen molar-refractivity contribution in [2.75, 3.05) is 5.32 Å². The molecule has 1 saturated carbocycles. The maximum atomic E-state index is 11.2. The quantitative estimate of drug-likeness (QED) is 0.864. The Kier molecular flexibility index (Phi) is 3.81. The van der Waals surface area contributed by atoms with Gasteiger partial charge in [-0.15, -0.1) is 0 Å². The highest BCUT2D eigenvalue weighted by atomic mass is 35.5. The van der Waals surface area contributed by atoms with Gasteiger partial charge in [-0.1, -0.05) is 30.9 Å². The number of hydrogen-bond acceptors (Lipinski definition) is 2. The van der Waals surface area contributed by atoms with E-state index < -0.39 is 5.97 Å². The fourth-order valence-corrected chi connectivity index (χ4v) is 2.76. The molecule has 2 rings (SSSR count). The summed E-state index contributed by atoms with van der Waals surface area (Å²) in [5, 5.41) is 13.1. The van der Waals surface area contributed by atoms with Crippen LogP contribution < -0.4 is 5.32 Å². The van der Waals surface area contributed by atoms with Crippen molar-refractivity contribution in [3.8, 4) is 0 Å². The molecule has 1 aliphatic rings. The first-order chi connectivity index (χ1) is 8.50. The Hall–Kier alpha value is -1.22. The molecule has 18 heavy (non-hydrogen) atoms. The van der Waals surface area contributed by atoms with E-state index in [9.17, 15) is 9.90 Å². The summed E-state index contributed by atoms with van der Waals surface area (Å²) in [6, 6.07) is 4.98. The predicted octanol–water partition coefficient (Wildman–Crippen LogP) is 4.17. The van der Waals surface area contributed by atoms with Gasteiger partial charge >= 0.3 is 5.97 Å². The van der Waals surface area contributed by atoms with Crippen LogP contribution in [0.2, 0.25) is 5.02 Å². The lowest BCUT2D eigenvalue weighted by atomic mass is 9.83. The van der Waals surface area contributed by atoms with Gasteiger partial charge in [0, 0.05) is 16.2 Å². The summed E-state index contributed by atoms with van der Waals surface area (Å²) in [5.74, 6) is -0.945. The van der Waals surface area contributed by atoms with Crippen molar-refractivity contribution in [1.29, 1.82) is 0 Å². The molecule has 1 aromatic carbocycles. The number of aromatic carboxylic acids is 1.